The molecule has 3 heterocycles. The van der Waals surface area contributed by atoms with Gasteiger partial charge in [0.15, 0.2) is 0 Å². The van der Waals surface area contributed by atoms with Crippen molar-refractivity contribution in [1.29, 1.82) is 0 Å². The Bertz CT molecular complexity index is 1060. The lowest BCUT2D eigenvalue weighted by molar-refractivity contribution is -0.135. The summed E-state index contributed by atoms with van der Waals surface area (Å²) in [6.07, 6.45) is 3.76. The molecule has 4 amide bonds. The van der Waals surface area contributed by atoms with Gasteiger partial charge in [0.2, 0.25) is 5.91 Å². The molecule has 0 saturated carbocycles. The standard InChI is InChI=1S/C24H31IN6O3/c1-15(2)12-21(28-23(33)27-18-6-4-17(25)5-7-18)22(32)29-10-8-19(9-11-29)30-14-20-13-26-16(3)31(20)24(30)34/h4-7,13,15,19,21H,8-12,14H2,1-3H3,(H2,27,28,33)/t21-/m1/s1. The van der Waals surface area contributed by atoms with Crippen LogP contribution in [0.1, 0.15) is 44.6 Å². The van der Waals surface area contributed by atoms with Gasteiger partial charge in [0.05, 0.1) is 18.4 Å². The van der Waals surface area contributed by atoms with Crippen LogP contribution in [0.5, 0.6) is 0 Å². The van der Waals surface area contributed by atoms with Crippen molar-refractivity contribution >= 4 is 46.2 Å². The lowest BCUT2D eigenvalue weighted by atomic mass is 9.99. The van der Waals surface area contributed by atoms with Crippen LogP contribution in [0.25, 0.3) is 0 Å². The molecule has 0 bridgehead atoms. The van der Waals surface area contributed by atoms with Gasteiger partial charge in [0.25, 0.3) is 0 Å². The van der Waals surface area contributed by atoms with Gasteiger partial charge in [-0.15, -0.1) is 0 Å². The first kappa shape index (κ1) is 24.5. The number of hydrogen-bond donors (Lipinski definition) is 2. The highest BCUT2D eigenvalue weighted by atomic mass is 127. The first-order valence-electron chi connectivity index (χ1n) is 11.7. The highest BCUT2D eigenvalue weighted by molar-refractivity contribution is 14.1. The number of fused-ring (bicyclic) bond motifs is 1. The smallest absolute Gasteiger partial charge is 0.330 e. The van der Waals surface area contributed by atoms with Gasteiger partial charge < -0.3 is 20.4 Å². The molecule has 9 nitrogen and oxygen atoms in total. The Labute approximate surface area is 213 Å². The molecule has 1 aromatic carbocycles. The Morgan fingerprint density at radius 1 is 1.18 bits per heavy atom. The quantitative estimate of drug-likeness (QED) is 0.510. The Kier molecular flexibility index (Phi) is 7.44. The van der Waals surface area contributed by atoms with Gasteiger partial charge in [-0.3, -0.25) is 9.36 Å². The van der Waals surface area contributed by atoms with Crippen molar-refractivity contribution in [3.05, 3.63) is 45.6 Å². The van der Waals surface area contributed by atoms with Crippen LogP contribution in [0.3, 0.4) is 0 Å². The number of urea groups is 1. The van der Waals surface area contributed by atoms with E-state index in [1.807, 2.05) is 54.8 Å². The van der Waals surface area contributed by atoms with Crippen molar-refractivity contribution < 1.29 is 14.4 Å². The molecular formula is C24H31IN6O3. The van der Waals surface area contributed by atoms with Crippen molar-refractivity contribution in [3.8, 4) is 0 Å². The van der Waals surface area contributed by atoms with E-state index in [1.165, 1.54) is 0 Å². The maximum Gasteiger partial charge on any atom is 0.330 e. The number of halogens is 1. The van der Waals surface area contributed by atoms with E-state index < -0.39 is 6.04 Å². The summed E-state index contributed by atoms with van der Waals surface area (Å²) in [6, 6.07) is 6.58. The number of nitrogens with one attached hydrogen (secondary N) is 2. The van der Waals surface area contributed by atoms with Gasteiger partial charge in [-0.05, 0) is 79.0 Å². The van der Waals surface area contributed by atoms with Crippen LogP contribution >= 0.6 is 22.6 Å². The molecule has 1 aromatic heterocycles. The Balaban J connectivity index is 1.34. The van der Waals surface area contributed by atoms with E-state index in [0.29, 0.717) is 37.6 Å². The van der Waals surface area contributed by atoms with Crippen LogP contribution in [0.4, 0.5) is 15.3 Å². The summed E-state index contributed by atoms with van der Waals surface area (Å²) in [6.45, 7) is 7.60. The summed E-state index contributed by atoms with van der Waals surface area (Å²) in [4.78, 5) is 46.7. The lowest BCUT2D eigenvalue weighted by Gasteiger charge is -2.38. The summed E-state index contributed by atoms with van der Waals surface area (Å²) in [7, 11) is 0. The Hall–Kier alpha value is -2.63. The molecule has 0 radical (unpaired) electrons. The van der Waals surface area contributed by atoms with Crippen LogP contribution in [-0.4, -0.2) is 62.5 Å². The van der Waals surface area contributed by atoms with Gasteiger partial charge in [0.1, 0.15) is 11.9 Å². The van der Waals surface area contributed by atoms with Crippen molar-refractivity contribution in [1.82, 2.24) is 24.7 Å². The predicted octanol–water partition coefficient (Wildman–Crippen LogP) is 3.81. The number of carbonyl (C=O) groups excluding carboxylic acids is 3. The maximum atomic E-state index is 13.3. The molecule has 182 valence electrons. The minimum atomic E-state index is -0.594. The molecule has 2 N–H and O–H groups in total. The summed E-state index contributed by atoms with van der Waals surface area (Å²) in [5.74, 6) is 0.893. The van der Waals surface area contributed by atoms with E-state index >= 15 is 0 Å². The average molecular weight is 578 g/mol. The van der Waals surface area contributed by atoms with Crippen LogP contribution in [0.15, 0.2) is 30.5 Å². The first-order chi connectivity index (χ1) is 16.2. The van der Waals surface area contributed by atoms with Crippen molar-refractivity contribution in [2.75, 3.05) is 18.4 Å². The minimum absolute atomic E-state index is 0.0265. The Morgan fingerprint density at radius 2 is 1.85 bits per heavy atom. The third-order valence-electron chi connectivity index (χ3n) is 6.41. The third-order valence-corrected chi connectivity index (χ3v) is 7.13. The van der Waals surface area contributed by atoms with E-state index in [2.05, 4.69) is 38.2 Å². The number of rotatable bonds is 6. The molecular weight excluding hydrogens is 547 g/mol. The SMILES string of the molecule is Cc1ncc2n1C(=O)N(C1CCN(C(=O)[C@@H](CC(C)C)NC(=O)Nc3ccc(I)cc3)CC1)C2. The molecule has 0 aliphatic carbocycles. The molecule has 34 heavy (non-hydrogen) atoms. The fraction of sp³-hybridized carbons (Fsp3) is 0.500. The fourth-order valence-electron chi connectivity index (χ4n) is 4.69. The zero-order chi connectivity index (χ0) is 24.4. The molecule has 2 aliphatic heterocycles. The van der Waals surface area contributed by atoms with Crippen LogP contribution < -0.4 is 10.6 Å². The van der Waals surface area contributed by atoms with Gasteiger partial charge in [-0.25, -0.2) is 14.6 Å². The summed E-state index contributed by atoms with van der Waals surface area (Å²) in [5.41, 5.74) is 1.60. The number of amides is 4. The number of carbonyl (C=O) groups is 3. The number of piperidine rings is 1. The number of anilines is 1. The summed E-state index contributed by atoms with van der Waals surface area (Å²) in [5, 5.41) is 5.69. The van der Waals surface area contributed by atoms with Gasteiger partial charge >= 0.3 is 12.1 Å². The number of aryl methyl sites for hydroxylation is 1. The fourth-order valence-corrected chi connectivity index (χ4v) is 5.05. The Morgan fingerprint density at radius 3 is 2.47 bits per heavy atom. The highest BCUT2D eigenvalue weighted by Crippen LogP contribution is 2.26. The number of aromatic nitrogens is 2. The molecule has 0 unspecified atom stereocenters. The van der Waals surface area contributed by atoms with Gasteiger partial charge in [-0.1, -0.05) is 13.8 Å². The van der Waals surface area contributed by atoms with Crippen molar-refractivity contribution in [2.45, 2.75) is 58.7 Å². The molecule has 10 heteroatoms. The van der Waals surface area contributed by atoms with Crippen LogP contribution in [0, 0.1) is 16.4 Å². The van der Waals surface area contributed by atoms with Crippen molar-refractivity contribution in [3.63, 3.8) is 0 Å². The van der Waals surface area contributed by atoms with Gasteiger partial charge in [0, 0.05) is 28.4 Å². The van der Waals surface area contributed by atoms with E-state index in [4.69, 9.17) is 0 Å². The van der Waals surface area contributed by atoms with Crippen molar-refractivity contribution in [2.24, 2.45) is 5.92 Å². The van der Waals surface area contributed by atoms with E-state index in [-0.39, 0.29) is 29.9 Å². The van der Waals surface area contributed by atoms with Gasteiger partial charge in [-0.2, -0.15) is 0 Å². The predicted molar refractivity (Wildman–Crippen MR) is 137 cm³/mol. The molecule has 2 aromatic rings. The molecule has 0 spiro atoms. The summed E-state index contributed by atoms with van der Waals surface area (Å²) >= 11 is 2.21. The second-order valence-corrected chi connectivity index (χ2v) is 10.6. The zero-order valence-electron chi connectivity index (χ0n) is 19.8. The number of hydrogen-bond acceptors (Lipinski definition) is 4. The minimum Gasteiger partial charge on any atom is -0.341 e. The lowest BCUT2D eigenvalue weighted by Crippen LogP contribution is -2.54. The molecule has 4 rings (SSSR count). The van der Waals surface area contributed by atoms with E-state index in [9.17, 15) is 14.4 Å². The third kappa shape index (κ3) is 5.37. The van der Waals surface area contributed by atoms with Crippen LogP contribution in [-0.2, 0) is 11.3 Å². The second kappa shape index (κ2) is 10.3. The maximum absolute atomic E-state index is 13.3. The number of imidazole rings is 1. The second-order valence-electron chi connectivity index (χ2n) is 9.39. The molecule has 1 atom stereocenters. The molecule has 2 aliphatic rings. The zero-order valence-corrected chi connectivity index (χ0v) is 21.9. The van der Waals surface area contributed by atoms with Crippen LogP contribution in [0.2, 0.25) is 0 Å². The van der Waals surface area contributed by atoms with E-state index in [0.717, 1.165) is 22.1 Å². The summed E-state index contributed by atoms with van der Waals surface area (Å²) < 4.78 is 2.75. The largest absolute Gasteiger partial charge is 0.341 e. The normalized spacial score (nSPS) is 17.1. The number of benzene rings is 1. The average Bonchev–Trinajstić information content (AvgIpc) is 3.33. The number of nitrogens with zero attached hydrogens (tertiary/aromatic N) is 4. The molecule has 1 saturated heterocycles. The monoisotopic (exact) mass is 578 g/mol. The van der Waals surface area contributed by atoms with E-state index in [1.54, 1.807) is 10.8 Å². The molecule has 1 fully saturated rings. The first-order valence-corrected chi connectivity index (χ1v) is 12.8. The number of likely N-dealkylation sites (tertiary alicyclic amines) is 1. The highest BCUT2D eigenvalue weighted by Gasteiger charge is 2.37. The topological polar surface area (TPSA) is 99.6 Å².